The first-order valence-corrected chi connectivity index (χ1v) is 17.7. The molecule has 45 heavy (non-hydrogen) atoms. The lowest BCUT2D eigenvalue weighted by atomic mass is 9.90. The van der Waals surface area contributed by atoms with Crippen molar-refractivity contribution < 1.29 is 37.5 Å². The molecule has 0 bridgehead atoms. The summed E-state index contributed by atoms with van der Waals surface area (Å²) in [5, 5.41) is 3.13. The zero-order valence-corrected chi connectivity index (χ0v) is 26.3. The number of rotatable bonds is 6. The molecule has 4 aliphatic rings. The average molecular weight is 658 g/mol. The van der Waals surface area contributed by atoms with Gasteiger partial charge in [-0.1, -0.05) is 35.9 Å². The van der Waals surface area contributed by atoms with Gasteiger partial charge in [-0.3, -0.25) is 18.9 Å². The number of hydrogen-bond donors (Lipinski definition) is 3. The number of carbonyl (C=O) groups is 3. The largest absolute Gasteiger partial charge is 0.399 e. The van der Waals surface area contributed by atoms with Crippen LogP contribution in [0.25, 0.3) is 10.1 Å². The molecule has 5 atom stereocenters. The van der Waals surface area contributed by atoms with Crippen molar-refractivity contribution in [1.29, 1.82) is 0 Å². The van der Waals surface area contributed by atoms with Crippen LogP contribution in [0.4, 0.5) is 8.78 Å². The summed E-state index contributed by atoms with van der Waals surface area (Å²) in [5.74, 6) is 0.218. The minimum absolute atomic E-state index is 0.0415. The van der Waals surface area contributed by atoms with Gasteiger partial charge in [-0.15, -0.1) is 11.3 Å². The lowest BCUT2D eigenvalue weighted by Crippen LogP contribution is -2.59. The summed E-state index contributed by atoms with van der Waals surface area (Å²) in [4.78, 5) is 63.2. The highest BCUT2D eigenvalue weighted by Gasteiger charge is 2.53. The number of likely N-dealkylation sites (tertiary alicyclic amines) is 1. The van der Waals surface area contributed by atoms with Gasteiger partial charge in [0.25, 0.3) is 5.91 Å². The van der Waals surface area contributed by atoms with Crippen molar-refractivity contribution in [2.45, 2.75) is 68.7 Å². The Bertz CT molecular complexity index is 1750. The van der Waals surface area contributed by atoms with Crippen LogP contribution >= 0.6 is 18.9 Å². The third kappa shape index (κ3) is 5.49. The average Bonchev–Trinajstić information content (AvgIpc) is 3.33. The fourth-order valence-corrected chi connectivity index (χ4v) is 8.80. The van der Waals surface area contributed by atoms with E-state index in [1.807, 2.05) is 24.0 Å². The highest BCUT2D eigenvalue weighted by Crippen LogP contribution is 2.59. The van der Waals surface area contributed by atoms with Crippen LogP contribution < -0.4 is 5.32 Å². The molecule has 3 saturated heterocycles. The number of aryl methyl sites for hydroxylation is 1. The Balaban J connectivity index is 1.07. The van der Waals surface area contributed by atoms with Crippen molar-refractivity contribution in [2.75, 3.05) is 13.1 Å². The minimum atomic E-state index is -5.75. The van der Waals surface area contributed by atoms with Crippen molar-refractivity contribution in [3.8, 4) is 0 Å². The van der Waals surface area contributed by atoms with Gasteiger partial charge in [0.1, 0.15) is 12.1 Å². The second-order valence-corrected chi connectivity index (χ2v) is 15.8. The molecule has 0 unspecified atom stereocenters. The summed E-state index contributed by atoms with van der Waals surface area (Å²) < 4.78 is 40.4. The Morgan fingerprint density at radius 3 is 2.51 bits per heavy atom. The first-order valence-electron chi connectivity index (χ1n) is 15.3. The van der Waals surface area contributed by atoms with E-state index in [1.54, 1.807) is 4.90 Å². The van der Waals surface area contributed by atoms with Crippen molar-refractivity contribution >= 4 is 46.7 Å². The van der Waals surface area contributed by atoms with E-state index in [0.29, 0.717) is 42.5 Å². The van der Waals surface area contributed by atoms with Crippen LogP contribution in [0.2, 0.25) is 0 Å². The van der Waals surface area contributed by atoms with E-state index in [1.165, 1.54) is 23.3 Å². The number of nitrogens with one attached hydrogen (secondary N) is 1. The summed E-state index contributed by atoms with van der Waals surface area (Å²) in [5.41, 5.74) is -2.82. The monoisotopic (exact) mass is 657 g/mol. The summed E-state index contributed by atoms with van der Waals surface area (Å²) in [7, 11) is -5.75. The molecule has 4 heterocycles. The molecule has 3 aromatic rings. The Morgan fingerprint density at radius 2 is 1.78 bits per heavy atom. The van der Waals surface area contributed by atoms with Crippen LogP contribution in [-0.4, -0.2) is 68.5 Å². The van der Waals surface area contributed by atoms with Crippen molar-refractivity contribution in [1.82, 2.24) is 15.1 Å². The smallest absolute Gasteiger partial charge is 0.340 e. The highest BCUT2D eigenvalue weighted by molar-refractivity contribution is 7.52. The molecule has 1 aromatic heterocycles. The van der Waals surface area contributed by atoms with E-state index < -0.39 is 36.8 Å². The molecule has 2 aromatic carbocycles. The van der Waals surface area contributed by atoms with Gasteiger partial charge < -0.3 is 24.9 Å². The van der Waals surface area contributed by atoms with Gasteiger partial charge >= 0.3 is 13.3 Å². The number of nitrogens with zero attached hydrogens (tertiary/aromatic N) is 2. The quantitative estimate of drug-likeness (QED) is 0.322. The zero-order chi connectivity index (χ0) is 31.8. The molecule has 1 saturated carbocycles. The SMILES string of the molecule is Cc1cccc(C2CN(C(=O)[C@@H]3CC[C@@H]4C[C@@H]5C[C@@H]5C[C@H](NC(=O)c5cc6cc(C(F)(F)P(=O)(O)O)ccc6s5)C(=O)N43)C2)c1. The molecule has 3 N–H and O–H groups in total. The topological polar surface area (TPSA) is 127 Å². The second-order valence-electron chi connectivity index (χ2n) is 13.0. The van der Waals surface area contributed by atoms with Crippen LogP contribution in [0.15, 0.2) is 48.5 Å². The van der Waals surface area contributed by atoms with Gasteiger partial charge in [-0.25, -0.2) is 0 Å². The van der Waals surface area contributed by atoms with Gasteiger partial charge in [0.2, 0.25) is 11.8 Å². The molecular formula is C32H34F2N3O6PS. The second kappa shape index (κ2) is 11.0. The minimum Gasteiger partial charge on any atom is -0.340 e. The maximum absolute atomic E-state index is 14.3. The van der Waals surface area contributed by atoms with Crippen LogP contribution in [0, 0.1) is 18.8 Å². The summed E-state index contributed by atoms with van der Waals surface area (Å²) in [6, 6.07) is 11.5. The number of alkyl halides is 2. The molecule has 0 spiro atoms. The van der Waals surface area contributed by atoms with E-state index >= 15 is 0 Å². The van der Waals surface area contributed by atoms with E-state index in [0.717, 1.165) is 42.7 Å². The molecule has 238 valence electrons. The highest BCUT2D eigenvalue weighted by atomic mass is 32.1. The Kier molecular flexibility index (Phi) is 7.43. The fourth-order valence-electron chi connectivity index (χ4n) is 7.38. The third-order valence-corrected chi connectivity index (χ3v) is 12.1. The number of benzene rings is 2. The maximum atomic E-state index is 14.3. The normalized spacial score (nSPS) is 27.0. The predicted octanol–water partition coefficient (Wildman–Crippen LogP) is 4.95. The van der Waals surface area contributed by atoms with E-state index in [-0.39, 0.29) is 34.0 Å². The van der Waals surface area contributed by atoms with Gasteiger partial charge in [0, 0.05) is 35.3 Å². The molecule has 0 radical (unpaired) electrons. The summed E-state index contributed by atoms with van der Waals surface area (Å²) >= 11 is 1.04. The number of halogens is 2. The number of fused-ring (bicyclic) bond motifs is 3. The number of amides is 3. The van der Waals surface area contributed by atoms with Crippen LogP contribution in [-0.2, 0) is 19.8 Å². The molecular weight excluding hydrogens is 623 g/mol. The first kappa shape index (κ1) is 30.5. The Morgan fingerprint density at radius 1 is 1.02 bits per heavy atom. The molecule has 3 aliphatic heterocycles. The lowest BCUT2D eigenvalue weighted by molar-refractivity contribution is -0.149. The van der Waals surface area contributed by atoms with Crippen LogP contribution in [0.3, 0.4) is 0 Å². The number of carbonyl (C=O) groups excluding carboxylic acids is 3. The maximum Gasteiger partial charge on any atom is 0.399 e. The van der Waals surface area contributed by atoms with E-state index in [2.05, 4.69) is 17.4 Å². The van der Waals surface area contributed by atoms with Crippen molar-refractivity contribution in [3.05, 3.63) is 70.1 Å². The van der Waals surface area contributed by atoms with Gasteiger partial charge in [0.15, 0.2) is 0 Å². The molecule has 3 amide bonds. The first-order chi connectivity index (χ1) is 21.3. The molecule has 4 fully saturated rings. The standard InChI is InChI=1S/C32H34F2N3O6PS/c1-17-3-2-4-18(9-17)22-15-36(16-22)31(40)26-7-6-24-12-19-10-20(19)13-25(30(39)37(24)26)35-29(38)28-14-21-11-23(5-8-27(21)45-28)32(33,34)44(41,42)43/h2-5,8-9,11,14,19-20,22,24-26H,6-7,10,12-13,15-16H2,1H3,(H,35,38)(H2,41,42,43)/t19-,20+,24+,25-,26-/m0/s1. The summed E-state index contributed by atoms with van der Waals surface area (Å²) in [6.07, 6.45) is 3.66. The van der Waals surface area contributed by atoms with Gasteiger partial charge in [-0.2, -0.15) is 8.78 Å². The molecule has 7 rings (SSSR count). The van der Waals surface area contributed by atoms with Crippen molar-refractivity contribution in [2.24, 2.45) is 11.8 Å². The van der Waals surface area contributed by atoms with Gasteiger partial charge in [0.05, 0.1) is 4.88 Å². The Hall–Kier alpha value is -3.18. The third-order valence-electron chi connectivity index (χ3n) is 9.99. The van der Waals surface area contributed by atoms with E-state index in [9.17, 15) is 27.7 Å². The number of thiophene rings is 1. The van der Waals surface area contributed by atoms with E-state index in [4.69, 9.17) is 9.79 Å². The van der Waals surface area contributed by atoms with Crippen LogP contribution in [0.5, 0.6) is 0 Å². The molecule has 1 aliphatic carbocycles. The predicted molar refractivity (Wildman–Crippen MR) is 164 cm³/mol. The zero-order valence-electron chi connectivity index (χ0n) is 24.6. The lowest BCUT2D eigenvalue weighted by Gasteiger charge is -2.43. The Labute approximate surface area is 262 Å². The number of hydrogen-bond acceptors (Lipinski definition) is 5. The molecule has 9 nitrogen and oxygen atoms in total. The van der Waals surface area contributed by atoms with Gasteiger partial charge in [-0.05, 0) is 80.0 Å². The van der Waals surface area contributed by atoms with Crippen LogP contribution in [0.1, 0.15) is 64.4 Å². The fraction of sp³-hybridized carbons (Fsp3) is 0.469. The summed E-state index contributed by atoms with van der Waals surface area (Å²) in [6.45, 7) is 3.28. The molecule has 13 heteroatoms. The van der Waals surface area contributed by atoms with Crippen molar-refractivity contribution in [3.63, 3.8) is 0 Å².